The molecule has 2 amide bonds. The van der Waals surface area contributed by atoms with Crippen molar-refractivity contribution < 1.29 is 14.7 Å². The molecule has 2 N–H and O–H groups in total. The number of amides is 2. The van der Waals surface area contributed by atoms with E-state index in [0.717, 1.165) is 5.69 Å². The molecule has 18 heavy (non-hydrogen) atoms. The quantitative estimate of drug-likeness (QED) is 0.846. The Kier molecular flexibility index (Phi) is 3.27. The molecule has 0 aliphatic carbocycles. The van der Waals surface area contributed by atoms with E-state index in [1.165, 1.54) is 0 Å². The minimum Gasteiger partial charge on any atom is -0.481 e. The number of nitrogens with zero attached hydrogens (tertiary/aromatic N) is 2. The molecule has 0 radical (unpaired) electrons. The number of carbonyl (C=O) groups is 2. The monoisotopic (exact) mass is 251 g/mol. The lowest BCUT2D eigenvalue weighted by atomic mass is 10.2. The van der Waals surface area contributed by atoms with Crippen LogP contribution in [0.25, 0.3) is 0 Å². The summed E-state index contributed by atoms with van der Waals surface area (Å²) in [6, 6.07) is 3.36. The van der Waals surface area contributed by atoms with Crippen LogP contribution in [-0.4, -0.2) is 51.5 Å². The molecule has 1 aliphatic rings. The Bertz CT molecular complexity index is 443. The van der Waals surface area contributed by atoms with Crippen molar-refractivity contribution in [3.05, 3.63) is 24.0 Å². The summed E-state index contributed by atoms with van der Waals surface area (Å²) in [4.78, 5) is 29.1. The van der Waals surface area contributed by atoms with Gasteiger partial charge in [-0.2, -0.15) is 0 Å². The molecule has 2 unspecified atom stereocenters. The normalized spacial score (nSPS) is 21.4. The van der Waals surface area contributed by atoms with E-state index >= 15 is 0 Å². The highest BCUT2D eigenvalue weighted by atomic mass is 16.4. The average Bonchev–Trinajstić information content (AvgIpc) is 2.88. The second-order valence-electron chi connectivity index (χ2n) is 4.63. The first-order chi connectivity index (χ1) is 8.50. The summed E-state index contributed by atoms with van der Waals surface area (Å²) >= 11 is 0. The Labute approximate surface area is 105 Å². The van der Waals surface area contributed by atoms with Crippen LogP contribution in [0.3, 0.4) is 0 Å². The van der Waals surface area contributed by atoms with Crippen molar-refractivity contribution in [3.8, 4) is 0 Å². The van der Waals surface area contributed by atoms with Crippen molar-refractivity contribution in [1.29, 1.82) is 0 Å². The predicted molar refractivity (Wildman–Crippen MR) is 65.1 cm³/mol. The van der Waals surface area contributed by atoms with Gasteiger partial charge in [0.1, 0.15) is 0 Å². The van der Waals surface area contributed by atoms with Crippen LogP contribution in [0, 0.1) is 0 Å². The third kappa shape index (κ3) is 2.18. The molecule has 2 rings (SSSR count). The van der Waals surface area contributed by atoms with Crippen molar-refractivity contribution in [3.63, 3.8) is 0 Å². The number of aliphatic carboxylic acids is 1. The lowest BCUT2D eigenvalue weighted by Crippen LogP contribution is -2.37. The second-order valence-corrected chi connectivity index (χ2v) is 4.63. The number of rotatable bonds is 4. The zero-order valence-electron chi connectivity index (χ0n) is 10.5. The third-order valence-corrected chi connectivity index (χ3v) is 3.37. The molecule has 1 fully saturated rings. The molecule has 1 saturated heterocycles. The van der Waals surface area contributed by atoms with Crippen LogP contribution in [0.1, 0.15) is 25.1 Å². The van der Waals surface area contributed by atoms with Crippen LogP contribution >= 0.6 is 0 Å². The van der Waals surface area contributed by atoms with Gasteiger partial charge < -0.3 is 19.9 Å². The Morgan fingerprint density at radius 1 is 1.67 bits per heavy atom. The number of likely N-dealkylation sites (N-methyl/N-ethyl adjacent to an activating group) is 1. The van der Waals surface area contributed by atoms with Crippen LogP contribution in [0.2, 0.25) is 0 Å². The lowest BCUT2D eigenvalue weighted by Gasteiger charge is -2.22. The molecule has 1 aliphatic heterocycles. The second kappa shape index (κ2) is 4.72. The standard InChI is InChI=1S/C12H17N3O3/c1-8(6-11(16)17)15-7-10(14(2)12(15)18)9-4-3-5-13-9/h3-5,8,10,13H,6-7H2,1-2H3,(H,16,17). The van der Waals surface area contributed by atoms with E-state index in [9.17, 15) is 9.59 Å². The molecular formula is C12H17N3O3. The number of carboxylic acids is 1. The van der Waals surface area contributed by atoms with Gasteiger partial charge in [0.25, 0.3) is 0 Å². The van der Waals surface area contributed by atoms with E-state index in [2.05, 4.69) is 4.98 Å². The molecule has 0 saturated carbocycles. The van der Waals surface area contributed by atoms with Gasteiger partial charge in [-0.15, -0.1) is 0 Å². The fraction of sp³-hybridized carbons (Fsp3) is 0.500. The summed E-state index contributed by atoms with van der Waals surface area (Å²) in [6.45, 7) is 2.28. The third-order valence-electron chi connectivity index (χ3n) is 3.37. The highest BCUT2D eigenvalue weighted by Gasteiger charge is 2.38. The molecule has 0 spiro atoms. The zero-order chi connectivity index (χ0) is 13.3. The highest BCUT2D eigenvalue weighted by Crippen LogP contribution is 2.28. The zero-order valence-corrected chi connectivity index (χ0v) is 10.5. The first-order valence-electron chi connectivity index (χ1n) is 5.89. The number of carboxylic acid groups (broad SMARTS) is 1. The van der Waals surface area contributed by atoms with Crippen molar-refractivity contribution in [2.24, 2.45) is 0 Å². The molecule has 0 bridgehead atoms. The molecular weight excluding hydrogens is 234 g/mol. The first-order valence-corrected chi connectivity index (χ1v) is 5.89. The van der Waals surface area contributed by atoms with Crippen LogP contribution in [-0.2, 0) is 4.79 Å². The van der Waals surface area contributed by atoms with Gasteiger partial charge in [0.05, 0.1) is 12.5 Å². The molecule has 1 aromatic rings. The maximum atomic E-state index is 12.1. The van der Waals surface area contributed by atoms with Gasteiger partial charge in [-0.3, -0.25) is 4.79 Å². The smallest absolute Gasteiger partial charge is 0.320 e. The van der Waals surface area contributed by atoms with E-state index in [-0.39, 0.29) is 24.5 Å². The molecule has 2 atom stereocenters. The lowest BCUT2D eigenvalue weighted by molar-refractivity contribution is -0.137. The average molecular weight is 251 g/mol. The van der Waals surface area contributed by atoms with Crippen LogP contribution in [0.5, 0.6) is 0 Å². The summed E-state index contributed by atoms with van der Waals surface area (Å²) < 4.78 is 0. The van der Waals surface area contributed by atoms with Crippen molar-refractivity contribution in [1.82, 2.24) is 14.8 Å². The summed E-state index contributed by atoms with van der Waals surface area (Å²) in [5, 5.41) is 8.79. The number of hydrogen-bond donors (Lipinski definition) is 2. The molecule has 6 nitrogen and oxygen atoms in total. The van der Waals surface area contributed by atoms with Crippen molar-refractivity contribution in [2.75, 3.05) is 13.6 Å². The summed E-state index contributed by atoms with van der Waals surface area (Å²) in [5.41, 5.74) is 0.968. The summed E-state index contributed by atoms with van der Waals surface area (Å²) in [5.74, 6) is -0.888. The fourth-order valence-electron chi connectivity index (χ4n) is 2.31. The molecule has 1 aromatic heterocycles. The predicted octanol–water partition coefficient (Wildman–Crippen LogP) is 1.29. The number of hydrogen-bond acceptors (Lipinski definition) is 2. The number of carbonyl (C=O) groups excluding carboxylic acids is 1. The van der Waals surface area contributed by atoms with Crippen molar-refractivity contribution >= 4 is 12.0 Å². The summed E-state index contributed by atoms with van der Waals surface area (Å²) in [6.07, 6.45) is 1.79. The molecule has 98 valence electrons. The van der Waals surface area contributed by atoms with Crippen LogP contribution in [0.4, 0.5) is 4.79 Å². The van der Waals surface area contributed by atoms with Crippen molar-refractivity contribution in [2.45, 2.75) is 25.4 Å². The topological polar surface area (TPSA) is 76.6 Å². The van der Waals surface area contributed by atoms with Gasteiger partial charge in [-0.25, -0.2) is 4.79 Å². The Hall–Kier alpha value is -1.98. The van der Waals surface area contributed by atoms with Gasteiger partial charge in [0, 0.05) is 31.5 Å². The van der Waals surface area contributed by atoms with E-state index < -0.39 is 5.97 Å². The number of aromatic nitrogens is 1. The largest absolute Gasteiger partial charge is 0.481 e. The number of aromatic amines is 1. The van der Waals surface area contributed by atoms with E-state index in [4.69, 9.17) is 5.11 Å². The summed E-state index contributed by atoms with van der Waals surface area (Å²) in [7, 11) is 1.74. The van der Waals surface area contributed by atoms with Gasteiger partial charge in [0.15, 0.2) is 0 Å². The fourth-order valence-corrected chi connectivity index (χ4v) is 2.31. The van der Waals surface area contributed by atoms with Crippen LogP contribution < -0.4 is 0 Å². The minimum atomic E-state index is -0.888. The maximum Gasteiger partial charge on any atom is 0.320 e. The number of nitrogens with one attached hydrogen (secondary N) is 1. The molecule has 6 heteroatoms. The number of H-pyrrole nitrogens is 1. The molecule has 2 heterocycles. The highest BCUT2D eigenvalue weighted by molar-refractivity contribution is 5.78. The Morgan fingerprint density at radius 3 is 2.94 bits per heavy atom. The minimum absolute atomic E-state index is 0.0307. The van der Waals surface area contributed by atoms with Crippen LogP contribution in [0.15, 0.2) is 18.3 Å². The van der Waals surface area contributed by atoms with E-state index in [1.807, 2.05) is 18.3 Å². The first kappa shape index (κ1) is 12.5. The van der Waals surface area contributed by atoms with Gasteiger partial charge in [-0.05, 0) is 19.1 Å². The Morgan fingerprint density at radius 2 is 2.39 bits per heavy atom. The van der Waals surface area contributed by atoms with E-state index in [1.54, 1.807) is 23.8 Å². The Balaban J connectivity index is 2.12. The maximum absolute atomic E-state index is 12.1. The van der Waals surface area contributed by atoms with Gasteiger partial charge in [-0.1, -0.05) is 0 Å². The SMILES string of the molecule is CC(CC(=O)O)N1CC(c2ccc[nH]2)N(C)C1=O. The van der Waals surface area contributed by atoms with Gasteiger partial charge >= 0.3 is 12.0 Å². The van der Waals surface area contributed by atoms with E-state index in [0.29, 0.717) is 6.54 Å². The molecule has 0 aromatic carbocycles. The number of urea groups is 1. The van der Waals surface area contributed by atoms with Gasteiger partial charge in [0.2, 0.25) is 0 Å².